The summed E-state index contributed by atoms with van der Waals surface area (Å²) in [5.74, 6) is -2.53. The summed E-state index contributed by atoms with van der Waals surface area (Å²) in [6.07, 6.45) is -2.31. The van der Waals surface area contributed by atoms with Gasteiger partial charge in [-0.2, -0.15) is 18.3 Å². The molecule has 3 aromatic rings. The zero-order valence-corrected chi connectivity index (χ0v) is 17.7. The highest BCUT2D eigenvalue weighted by Gasteiger charge is 2.54. The van der Waals surface area contributed by atoms with Crippen LogP contribution in [0.2, 0.25) is 0 Å². The smallest absolute Gasteiger partial charge is 0.422 e. The summed E-state index contributed by atoms with van der Waals surface area (Å²) >= 11 is 0. The highest BCUT2D eigenvalue weighted by Crippen LogP contribution is 2.41. The van der Waals surface area contributed by atoms with Gasteiger partial charge in [0.15, 0.2) is 23.1 Å². The number of nitrogens with zero attached hydrogens (tertiary/aromatic N) is 4. The van der Waals surface area contributed by atoms with Crippen LogP contribution in [0.1, 0.15) is 25.5 Å². The number of aromatic nitrogens is 4. The van der Waals surface area contributed by atoms with Crippen molar-refractivity contribution < 1.29 is 31.8 Å². The van der Waals surface area contributed by atoms with Crippen molar-refractivity contribution in [1.29, 1.82) is 0 Å². The van der Waals surface area contributed by atoms with Crippen LogP contribution in [0.4, 0.5) is 27.8 Å². The molecule has 3 N–H and O–H groups in total. The molecule has 8 nitrogen and oxygen atoms in total. The van der Waals surface area contributed by atoms with E-state index in [1.165, 1.54) is 0 Å². The van der Waals surface area contributed by atoms with Crippen LogP contribution in [0.3, 0.4) is 0 Å². The Morgan fingerprint density at radius 3 is 2.64 bits per heavy atom. The fourth-order valence-corrected chi connectivity index (χ4v) is 3.60. The third-order valence-corrected chi connectivity index (χ3v) is 5.50. The summed E-state index contributed by atoms with van der Waals surface area (Å²) in [5, 5.41) is 20.1. The average Bonchev–Trinajstić information content (AvgIpc) is 3.17. The normalized spacial score (nSPS) is 18.8. The Hall–Kier alpha value is -3.06. The molecule has 4 heterocycles. The minimum Gasteiger partial charge on any atom is -0.495 e. The minimum absolute atomic E-state index is 0.0140. The number of pyridine rings is 1. The molecule has 0 radical (unpaired) electrons. The number of piperidine rings is 1. The summed E-state index contributed by atoms with van der Waals surface area (Å²) in [6, 6.07) is 1.63. The first-order valence-corrected chi connectivity index (χ1v) is 10.1. The number of halogens is 5. The number of nitrogens with one attached hydrogen (secondary N) is 2. The van der Waals surface area contributed by atoms with Crippen molar-refractivity contribution in [2.75, 3.05) is 25.5 Å². The second kappa shape index (κ2) is 8.37. The number of anilines is 1. The van der Waals surface area contributed by atoms with Gasteiger partial charge in [0, 0.05) is 24.7 Å². The number of aliphatic hydroxyl groups is 1. The number of ether oxygens (including phenoxy) is 1. The molecule has 0 saturated carbocycles. The number of hydrogen-bond acceptors (Lipinski definition) is 7. The SMILES string of the molecule is COc1cc2ncc(-c3nc(N[C@@H]4CCCNC4)c(F)cc3F)n2nc1C(C)(O)C(F)(F)F. The van der Waals surface area contributed by atoms with Crippen LogP contribution in [0.5, 0.6) is 5.75 Å². The molecule has 0 amide bonds. The Bertz CT molecular complexity index is 1170. The van der Waals surface area contributed by atoms with Crippen molar-refractivity contribution in [3.8, 4) is 17.1 Å². The first-order valence-electron chi connectivity index (χ1n) is 10.1. The quantitative estimate of drug-likeness (QED) is 0.492. The lowest BCUT2D eigenvalue weighted by molar-refractivity contribution is -0.261. The van der Waals surface area contributed by atoms with E-state index in [1.807, 2.05) is 0 Å². The van der Waals surface area contributed by atoms with Crippen molar-refractivity contribution in [3.05, 3.63) is 35.7 Å². The number of rotatable bonds is 5. The Labute approximate surface area is 184 Å². The van der Waals surface area contributed by atoms with E-state index in [9.17, 15) is 27.1 Å². The fourth-order valence-electron chi connectivity index (χ4n) is 3.60. The third-order valence-electron chi connectivity index (χ3n) is 5.50. The molecule has 0 spiro atoms. The van der Waals surface area contributed by atoms with Gasteiger partial charge in [0.05, 0.1) is 13.3 Å². The predicted octanol–water partition coefficient (Wildman–Crippen LogP) is 3.01. The van der Waals surface area contributed by atoms with Crippen LogP contribution in [0.15, 0.2) is 18.3 Å². The van der Waals surface area contributed by atoms with Gasteiger partial charge < -0.3 is 20.5 Å². The second-order valence-corrected chi connectivity index (χ2v) is 7.88. The topological polar surface area (TPSA) is 96.6 Å². The Balaban J connectivity index is 1.83. The van der Waals surface area contributed by atoms with E-state index in [1.54, 1.807) is 0 Å². The molecule has 1 unspecified atom stereocenters. The highest BCUT2D eigenvalue weighted by atomic mass is 19.4. The molecular weight excluding hydrogens is 451 g/mol. The number of fused-ring (bicyclic) bond motifs is 1. The van der Waals surface area contributed by atoms with Crippen molar-refractivity contribution in [1.82, 2.24) is 24.9 Å². The molecule has 1 fully saturated rings. The first kappa shape index (κ1) is 23.1. The number of alkyl halides is 3. The van der Waals surface area contributed by atoms with Gasteiger partial charge in [-0.3, -0.25) is 0 Å². The lowest BCUT2D eigenvalue weighted by Crippen LogP contribution is -2.40. The molecule has 1 saturated heterocycles. The summed E-state index contributed by atoms with van der Waals surface area (Å²) < 4.78 is 75.4. The van der Waals surface area contributed by atoms with Gasteiger partial charge in [0.2, 0.25) is 5.60 Å². The summed E-state index contributed by atoms with van der Waals surface area (Å²) in [4.78, 5) is 8.06. The molecule has 0 aromatic carbocycles. The summed E-state index contributed by atoms with van der Waals surface area (Å²) in [7, 11) is 1.12. The van der Waals surface area contributed by atoms with Gasteiger partial charge >= 0.3 is 6.18 Å². The Morgan fingerprint density at radius 2 is 2.00 bits per heavy atom. The van der Waals surface area contributed by atoms with E-state index >= 15 is 0 Å². The van der Waals surface area contributed by atoms with Crippen LogP contribution >= 0.6 is 0 Å². The molecule has 2 atom stereocenters. The van der Waals surface area contributed by atoms with Gasteiger partial charge in [-0.15, -0.1) is 0 Å². The molecule has 33 heavy (non-hydrogen) atoms. The van der Waals surface area contributed by atoms with E-state index in [0.717, 1.165) is 43.3 Å². The van der Waals surface area contributed by atoms with Crippen LogP contribution in [0.25, 0.3) is 17.0 Å². The van der Waals surface area contributed by atoms with Gasteiger partial charge in [-0.05, 0) is 26.3 Å². The second-order valence-electron chi connectivity index (χ2n) is 7.88. The van der Waals surface area contributed by atoms with Crippen molar-refractivity contribution in [2.24, 2.45) is 0 Å². The molecule has 0 bridgehead atoms. The number of imidazole rings is 1. The van der Waals surface area contributed by atoms with Gasteiger partial charge in [-0.1, -0.05) is 0 Å². The summed E-state index contributed by atoms with van der Waals surface area (Å²) in [5.41, 5.74) is -4.71. The number of methoxy groups -OCH3 is 1. The van der Waals surface area contributed by atoms with Crippen LogP contribution in [-0.4, -0.2) is 57.1 Å². The molecule has 1 aliphatic heterocycles. The van der Waals surface area contributed by atoms with Crippen LogP contribution in [0, 0.1) is 11.6 Å². The molecule has 178 valence electrons. The maximum absolute atomic E-state index is 14.7. The standard InChI is InChI=1S/C20H21F5N6O2/c1-19(32,20(23,24)25)17-14(33-2)7-15-27-9-13(31(15)30-17)16-11(21)6-12(22)18(29-16)28-10-4-3-5-26-8-10/h6-7,9-10,26,32H,3-5,8H2,1-2H3,(H,28,29)/t10-,19?/m1/s1. The van der Waals surface area contributed by atoms with E-state index in [2.05, 4.69) is 25.7 Å². The monoisotopic (exact) mass is 472 g/mol. The Morgan fingerprint density at radius 1 is 1.24 bits per heavy atom. The molecular formula is C20H21F5N6O2. The lowest BCUT2D eigenvalue weighted by atomic mass is 10.0. The maximum atomic E-state index is 14.7. The molecule has 3 aromatic heterocycles. The van der Waals surface area contributed by atoms with Crippen molar-refractivity contribution in [3.63, 3.8) is 0 Å². The van der Waals surface area contributed by atoms with E-state index < -0.39 is 29.1 Å². The van der Waals surface area contributed by atoms with Gasteiger partial charge in [0.25, 0.3) is 0 Å². The van der Waals surface area contributed by atoms with E-state index in [0.29, 0.717) is 19.5 Å². The third kappa shape index (κ3) is 4.17. The van der Waals surface area contributed by atoms with Crippen LogP contribution in [-0.2, 0) is 5.60 Å². The zero-order chi connectivity index (χ0) is 24.0. The zero-order valence-electron chi connectivity index (χ0n) is 17.7. The minimum atomic E-state index is -5.08. The molecule has 0 aliphatic carbocycles. The number of hydrogen-bond donors (Lipinski definition) is 3. The van der Waals surface area contributed by atoms with Crippen molar-refractivity contribution >= 4 is 11.5 Å². The van der Waals surface area contributed by atoms with Crippen molar-refractivity contribution in [2.45, 2.75) is 37.6 Å². The molecule has 1 aliphatic rings. The average molecular weight is 472 g/mol. The Kier molecular flexibility index (Phi) is 5.86. The van der Waals surface area contributed by atoms with Crippen LogP contribution < -0.4 is 15.4 Å². The first-order chi connectivity index (χ1) is 15.5. The summed E-state index contributed by atoms with van der Waals surface area (Å²) in [6.45, 7) is 1.93. The predicted molar refractivity (Wildman–Crippen MR) is 108 cm³/mol. The molecule has 4 rings (SSSR count). The van der Waals surface area contributed by atoms with E-state index in [4.69, 9.17) is 4.74 Å². The lowest BCUT2D eigenvalue weighted by Gasteiger charge is -2.27. The highest BCUT2D eigenvalue weighted by molar-refractivity contribution is 5.63. The molecule has 13 heteroatoms. The van der Waals surface area contributed by atoms with Gasteiger partial charge in [0.1, 0.15) is 22.8 Å². The van der Waals surface area contributed by atoms with E-state index in [-0.39, 0.29) is 34.6 Å². The maximum Gasteiger partial charge on any atom is 0.422 e. The largest absolute Gasteiger partial charge is 0.495 e. The van der Waals surface area contributed by atoms with Gasteiger partial charge in [-0.25, -0.2) is 23.3 Å². The fraction of sp³-hybridized carbons (Fsp3) is 0.450.